The zero-order chi connectivity index (χ0) is 47.5. The molecule has 0 saturated carbocycles. The molecule has 4 aromatic carbocycles. The molecule has 0 bridgehead atoms. The molecule has 3 N–H and O–H groups in total. The zero-order valence-electron chi connectivity index (χ0n) is 35.6. The van der Waals surface area contributed by atoms with Crippen LogP contribution in [0.25, 0.3) is 0 Å². The summed E-state index contributed by atoms with van der Waals surface area (Å²) in [5.74, 6) is -2.93. The fourth-order valence-electron chi connectivity index (χ4n) is 6.06. The van der Waals surface area contributed by atoms with Crippen LogP contribution in [0.15, 0.2) is 116 Å². The number of benzene rings is 4. The monoisotopic (exact) mass is 936 g/mol. The van der Waals surface area contributed by atoms with Gasteiger partial charge in [0, 0.05) is 45.7 Å². The fraction of sp³-hybridized carbons (Fsp3) is 0.244. The molecule has 0 amide bonds. The zero-order valence-corrected chi connectivity index (χ0v) is 37.2. The number of carboxylic acids is 1. The van der Waals surface area contributed by atoms with Gasteiger partial charge in [0.2, 0.25) is 0 Å². The van der Waals surface area contributed by atoms with E-state index in [2.05, 4.69) is 15.4 Å². The lowest BCUT2D eigenvalue weighted by atomic mass is 10.2. The molecule has 0 fully saturated rings. The topological polar surface area (TPSA) is 194 Å². The molecule has 6 rings (SSSR count). The second-order valence-corrected chi connectivity index (χ2v) is 15.6. The van der Waals surface area contributed by atoms with Gasteiger partial charge in [0.15, 0.2) is 23.1 Å². The molecule has 0 atom stereocenters. The van der Waals surface area contributed by atoms with Crippen molar-refractivity contribution in [2.75, 3.05) is 17.7 Å². The summed E-state index contributed by atoms with van der Waals surface area (Å²) in [7, 11) is 1.16. The molecule has 16 nitrogen and oxygen atoms in total. The van der Waals surface area contributed by atoms with E-state index in [0.717, 1.165) is 29.4 Å². The number of carboxylic acid groups (broad SMARTS) is 1. The highest BCUT2D eigenvalue weighted by Gasteiger charge is 2.18. The Labute approximate surface area is 379 Å². The first-order valence-electron chi connectivity index (χ1n) is 19.7. The van der Waals surface area contributed by atoms with Gasteiger partial charge >= 0.3 is 23.3 Å². The highest BCUT2D eigenvalue weighted by molar-refractivity contribution is 6.30. The van der Waals surface area contributed by atoms with Crippen molar-refractivity contribution >= 4 is 58.2 Å². The molecule has 65 heavy (non-hydrogen) atoms. The van der Waals surface area contributed by atoms with Crippen LogP contribution in [-0.2, 0) is 40.5 Å². The molecule has 0 saturated heterocycles. The SMILES string of the molecule is CC(C)Oc1ccc(Nc2cc(=O)n(CC(=O)O)c(=O)n2Cc2ccc(Cl)cc2)cc1F.COC(=O)Cn1c(=O)cc(Nc2ccc(OC(C)C)c(F)c2)n(Cc2ccc(Cl)cc2)c1=O. The minimum absolute atomic E-state index is 0.0231. The van der Waals surface area contributed by atoms with Crippen LogP contribution >= 0.6 is 23.2 Å². The summed E-state index contributed by atoms with van der Waals surface area (Å²) in [6.45, 7) is 5.88. The number of nitrogens with zero attached hydrogens (tertiary/aromatic N) is 4. The van der Waals surface area contributed by atoms with Crippen LogP contribution in [0.3, 0.4) is 0 Å². The molecular formula is C45H44Cl2F2N6O10. The standard InChI is InChI=1S/C23H23ClFN3O5.C22H21ClFN3O5/c1-14(2)33-19-9-8-17(10-18(19)25)26-20-11-21(29)28(13-22(30)32-3)23(31)27(20)12-15-4-6-16(24)7-5-15;1-13(2)32-18-8-7-16(9-17(18)24)25-19-10-20(28)27(12-21(29)30)22(31)26(19)11-14-3-5-15(23)6-4-14/h4-11,14,26H,12-13H2,1-3H3;3-10,13,25H,11-12H2,1-2H3,(H,29,30). The summed E-state index contributed by atoms with van der Waals surface area (Å²) in [6.07, 6.45) is -0.417. The number of ether oxygens (including phenoxy) is 3. The molecular weight excluding hydrogens is 893 g/mol. The average Bonchev–Trinajstić information content (AvgIpc) is 3.24. The lowest BCUT2D eigenvalue weighted by Gasteiger charge is -2.17. The van der Waals surface area contributed by atoms with E-state index in [9.17, 15) is 37.5 Å². The van der Waals surface area contributed by atoms with Gasteiger partial charge in [0.05, 0.1) is 32.4 Å². The number of nitrogens with one attached hydrogen (secondary N) is 2. The fourth-order valence-corrected chi connectivity index (χ4v) is 6.31. The average molecular weight is 938 g/mol. The van der Waals surface area contributed by atoms with Crippen LogP contribution in [0.5, 0.6) is 11.5 Å². The molecule has 342 valence electrons. The van der Waals surface area contributed by atoms with Crippen molar-refractivity contribution < 1.29 is 37.7 Å². The number of aromatic nitrogens is 4. The van der Waals surface area contributed by atoms with E-state index in [4.69, 9.17) is 37.8 Å². The van der Waals surface area contributed by atoms with E-state index < -0.39 is 59.2 Å². The molecule has 2 heterocycles. The van der Waals surface area contributed by atoms with Gasteiger partial charge < -0.3 is 30.0 Å². The van der Waals surface area contributed by atoms with Crippen molar-refractivity contribution in [1.82, 2.24) is 18.3 Å². The van der Waals surface area contributed by atoms with Gasteiger partial charge in [-0.05, 0) is 87.4 Å². The van der Waals surface area contributed by atoms with Crippen LogP contribution in [0.2, 0.25) is 10.0 Å². The van der Waals surface area contributed by atoms with E-state index in [-0.39, 0.29) is 54.1 Å². The Balaban J connectivity index is 0.000000244. The molecule has 0 spiro atoms. The molecule has 0 aliphatic rings. The molecule has 0 aliphatic carbocycles. The Morgan fingerprint density at radius 3 is 1.32 bits per heavy atom. The van der Waals surface area contributed by atoms with Crippen LogP contribution < -0.4 is 42.6 Å². The summed E-state index contributed by atoms with van der Waals surface area (Å²) in [6, 6.07) is 24.1. The van der Waals surface area contributed by atoms with E-state index >= 15 is 0 Å². The Bertz CT molecular complexity index is 2920. The number of carbonyl (C=O) groups excluding carboxylic acids is 1. The highest BCUT2D eigenvalue weighted by Crippen LogP contribution is 2.26. The number of esters is 1. The Hall–Kier alpha value is -7.18. The first-order valence-corrected chi connectivity index (χ1v) is 20.5. The number of hydrogen-bond acceptors (Lipinski definition) is 11. The van der Waals surface area contributed by atoms with Gasteiger partial charge in [-0.15, -0.1) is 0 Å². The third-order valence-electron chi connectivity index (χ3n) is 9.01. The molecule has 6 aromatic rings. The first kappa shape index (κ1) is 48.8. The predicted molar refractivity (Wildman–Crippen MR) is 242 cm³/mol. The van der Waals surface area contributed by atoms with Gasteiger partial charge in [-0.1, -0.05) is 47.5 Å². The van der Waals surface area contributed by atoms with Crippen molar-refractivity contribution in [2.45, 2.75) is 66.1 Å². The third-order valence-corrected chi connectivity index (χ3v) is 9.51. The van der Waals surface area contributed by atoms with Gasteiger partial charge in [-0.2, -0.15) is 0 Å². The lowest BCUT2D eigenvalue weighted by molar-refractivity contribution is -0.141. The van der Waals surface area contributed by atoms with Crippen LogP contribution in [0, 0.1) is 11.6 Å². The van der Waals surface area contributed by atoms with E-state index in [1.807, 2.05) is 0 Å². The Morgan fingerprint density at radius 2 is 0.985 bits per heavy atom. The number of methoxy groups -OCH3 is 1. The molecule has 2 aromatic heterocycles. The van der Waals surface area contributed by atoms with Crippen molar-refractivity contribution in [2.24, 2.45) is 0 Å². The second-order valence-electron chi connectivity index (χ2n) is 14.7. The smallest absolute Gasteiger partial charge is 0.333 e. The third kappa shape index (κ3) is 13.4. The van der Waals surface area contributed by atoms with Crippen LogP contribution in [0.4, 0.5) is 31.8 Å². The molecule has 0 aliphatic heterocycles. The van der Waals surface area contributed by atoms with Gasteiger partial charge in [-0.3, -0.25) is 28.3 Å². The van der Waals surface area contributed by atoms with Crippen molar-refractivity contribution in [3.05, 3.63) is 172 Å². The summed E-state index contributed by atoms with van der Waals surface area (Å²) < 4.78 is 48.0. The van der Waals surface area contributed by atoms with Gasteiger partial charge in [0.1, 0.15) is 24.7 Å². The maximum Gasteiger partial charge on any atom is 0.333 e. The van der Waals surface area contributed by atoms with E-state index in [0.29, 0.717) is 25.9 Å². The summed E-state index contributed by atoms with van der Waals surface area (Å²) in [5.41, 5.74) is -1.07. The quantitative estimate of drug-likeness (QED) is 0.0842. The van der Waals surface area contributed by atoms with Crippen LogP contribution in [0.1, 0.15) is 38.8 Å². The normalized spacial score (nSPS) is 10.9. The van der Waals surface area contributed by atoms with Crippen molar-refractivity contribution in [3.63, 3.8) is 0 Å². The molecule has 20 heteroatoms. The second kappa shape index (κ2) is 21.9. The molecule has 0 radical (unpaired) electrons. The maximum atomic E-state index is 14.4. The number of anilines is 4. The minimum Gasteiger partial charge on any atom is -0.488 e. The largest absolute Gasteiger partial charge is 0.488 e. The Morgan fingerprint density at radius 1 is 0.600 bits per heavy atom. The van der Waals surface area contributed by atoms with Crippen molar-refractivity contribution in [3.8, 4) is 11.5 Å². The summed E-state index contributed by atoms with van der Waals surface area (Å²) in [5, 5.41) is 15.9. The number of halogens is 4. The lowest BCUT2D eigenvalue weighted by Crippen LogP contribution is -2.42. The Kier molecular flexibility index (Phi) is 16.5. The van der Waals surface area contributed by atoms with Crippen molar-refractivity contribution in [1.29, 1.82) is 0 Å². The predicted octanol–water partition coefficient (Wildman–Crippen LogP) is 7.02. The minimum atomic E-state index is -1.33. The van der Waals surface area contributed by atoms with Gasteiger partial charge in [0.25, 0.3) is 11.1 Å². The number of rotatable bonds is 16. The highest BCUT2D eigenvalue weighted by atomic mass is 35.5. The number of hydrogen-bond donors (Lipinski definition) is 3. The van der Waals surface area contributed by atoms with Crippen LogP contribution in [-0.4, -0.2) is 54.6 Å². The summed E-state index contributed by atoms with van der Waals surface area (Å²) >= 11 is 11.8. The first-order chi connectivity index (χ1) is 30.8. The number of aliphatic carboxylic acids is 1. The van der Waals surface area contributed by atoms with E-state index in [1.165, 1.54) is 33.4 Å². The summed E-state index contributed by atoms with van der Waals surface area (Å²) in [4.78, 5) is 73.9. The number of carbonyl (C=O) groups is 2. The molecule has 0 unspecified atom stereocenters. The van der Waals surface area contributed by atoms with Gasteiger partial charge in [-0.25, -0.2) is 27.5 Å². The maximum absolute atomic E-state index is 14.4. The van der Waals surface area contributed by atoms with E-state index in [1.54, 1.807) is 88.4 Å².